The van der Waals surface area contributed by atoms with Gasteiger partial charge in [-0.1, -0.05) is 12.1 Å². The third-order valence-electron chi connectivity index (χ3n) is 7.74. The Kier molecular flexibility index (Phi) is 7.03. The Morgan fingerprint density at radius 2 is 2.03 bits per heavy atom. The van der Waals surface area contributed by atoms with Crippen molar-refractivity contribution >= 4 is 37.3 Å². The topological polar surface area (TPSA) is 144 Å². The maximum Gasteiger partial charge on any atom is 0.261 e. The Morgan fingerprint density at radius 1 is 1.28 bits per heavy atom. The van der Waals surface area contributed by atoms with Gasteiger partial charge in [-0.2, -0.15) is 0 Å². The summed E-state index contributed by atoms with van der Waals surface area (Å²) in [6.45, 7) is 5.58. The van der Waals surface area contributed by atoms with E-state index in [1.54, 1.807) is 66.4 Å². The van der Waals surface area contributed by atoms with E-state index >= 15 is 4.11 Å². The number of anilines is 3. The van der Waals surface area contributed by atoms with Crippen LogP contribution in [0.2, 0.25) is 18.6 Å². The number of fused-ring (bicyclic) bond motifs is 2. The van der Waals surface area contributed by atoms with Crippen molar-refractivity contribution in [2.24, 2.45) is 5.92 Å². The predicted molar refractivity (Wildman–Crippen MR) is 147 cm³/mol. The van der Waals surface area contributed by atoms with Crippen LogP contribution in [0.4, 0.5) is 21.2 Å². The molecule has 1 fully saturated rings. The molecule has 2 aliphatic heterocycles. The fourth-order valence-electron chi connectivity index (χ4n) is 5.99. The summed E-state index contributed by atoms with van der Waals surface area (Å²) in [5.74, 6) is -1.09. The summed E-state index contributed by atoms with van der Waals surface area (Å²) in [6.07, 6.45) is 2.07. The monoisotopic (exact) mass is 552 g/mol. The van der Waals surface area contributed by atoms with Crippen LogP contribution in [0.15, 0.2) is 48.7 Å². The number of aliphatic hydroxyl groups excluding tert-OH is 1. The zero-order chi connectivity index (χ0) is 27.9. The van der Waals surface area contributed by atoms with E-state index < -0.39 is 31.6 Å². The summed E-state index contributed by atoms with van der Waals surface area (Å²) in [7, 11) is -3.29. The second-order valence-electron chi connectivity index (χ2n) is 10.8. The number of nitrogens with zero attached hydrogens (tertiary/aromatic N) is 3. The maximum atomic E-state index is 15.8. The highest BCUT2D eigenvalue weighted by molar-refractivity contribution is 6.72. The molecule has 0 bridgehead atoms. The number of nitrogens with two attached hydrogens (primary N) is 1. The van der Waals surface area contributed by atoms with Crippen molar-refractivity contribution in [1.29, 1.82) is 0 Å². The fourth-order valence-corrected chi connectivity index (χ4v) is 8.53. The van der Waals surface area contributed by atoms with Crippen molar-refractivity contribution in [3.05, 3.63) is 65.5 Å². The second-order valence-corrected chi connectivity index (χ2v) is 14.6. The molecule has 1 spiro atoms. The summed E-state index contributed by atoms with van der Waals surface area (Å²) >= 11 is 0. The van der Waals surface area contributed by atoms with Gasteiger partial charge in [0.05, 0.1) is 11.8 Å². The minimum atomic E-state index is -3.29. The third-order valence-corrected chi connectivity index (χ3v) is 10.2. The van der Waals surface area contributed by atoms with Gasteiger partial charge < -0.3 is 30.3 Å². The maximum absolute atomic E-state index is 15.8. The first-order valence-electron chi connectivity index (χ1n) is 13.0. The highest BCUT2D eigenvalue weighted by Gasteiger charge is 2.65. The molecule has 2 aromatic carbocycles. The lowest BCUT2D eigenvalue weighted by molar-refractivity contribution is -0.143. The van der Waals surface area contributed by atoms with Gasteiger partial charge in [-0.3, -0.25) is 14.3 Å². The fraction of sp³-hybridized carbons (Fsp3) is 0.407. The average Bonchev–Trinajstić information content (AvgIpc) is 3.53. The standard InChI is InChI=1S/C27H33FN6O4Si/c1-16-24(39(2,3)28)23(10-12-34-15-20(11-13-35)32-33-34)38-27(16)21-14-19(8-9-22(21)31-26(27)37)30-25(36)17-4-6-18(29)7-5-17/h4-9,14-16,23-24,35H,10-13,29H2,1-3H3,(H,30,36)(H,31,37)/t16-,23+,24-,27+/m0/s1. The minimum Gasteiger partial charge on any atom is -0.399 e. The summed E-state index contributed by atoms with van der Waals surface area (Å²) in [6, 6.07) is 11.8. The summed E-state index contributed by atoms with van der Waals surface area (Å²) in [5.41, 5.74) is 7.23. The van der Waals surface area contributed by atoms with Gasteiger partial charge in [-0.05, 0) is 62.0 Å². The van der Waals surface area contributed by atoms with E-state index in [2.05, 4.69) is 20.9 Å². The largest absolute Gasteiger partial charge is 0.399 e. The molecular weight excluding hydrogens is 519 g/mol. The Labute approximate surface area is 226 Å². The number of hydrogen-bond acceptors (Lipinski definition) is 7. The van der Waals surface area contributed by atoms with E-state index in [4.69, 9.17) is 15.6 Å². The molecular formula is C27H33FN6O4Si. The lowest BCUT2D eigenvalue weighted by Gasteiger charge is -2.30. The minimum absolute atomic E-state index is 0.0227. The SMILES string of the molecule is C[C@H]1[C@H]([Si](C)(C)F)[C@@H](CCn2cc(CCO)nn2)O[C@]12C(=O)Nc1ccc(NC(=O)c3ccc(N)cc3)cc12. The first-order valence-corrected chi connectivity index (χ1v) is 16.0. The second kappa shape index (κ2) is 10.2. The average molecular weight is 553 g/mol. The normalized spacial score (nSPS) is 24.1. The van der Waals surface area contributed by atoms with E-state index in [0.717, 1.165) is 0 Å². The number of aromatic nitrogens is 3. The van der Waals surface area contributed by atoms with Gasteiger partial charge in [0, 0.05) is 65.4 Å². The molecule has 2 amide bonds. The van der Waals surface area contributed by atoms with Gasteiger partial charge >= 0.3 is 0 Å². The molecule has 3 heterocycles. The molecule has 0 unspecified atom stereocenters. The molecule has 12 heteroatoms. The Bertz CT molecular complexity index is 1390. The van der Waals surface area contributed by atoms with Gasteiger partial charge in [-0.15, -0.1) is 5.10 Å². The predicted octanol–water partition coefficient (Wildman–Crippen LogP) is 3.46. The van der Waals surface area contributed by atoms with Crippen LogP contribution in [0.5, 0.6) is 0 Å². The lowest BCUT2D eigenvalue weighted by atomic mass is 9.82. The highest BCUT2D eigenvalue weighted by Crippen LogP contribution is 2.59. The Morgan fingerprint density at radius 3 is 2.72 bits per heavy atom. The van der Waals surface area contributed by atoms with Crippen LogP contribution in [0.3, 0.4) is 0 Å². The molecule has 0 saturated carbocycles. The summed E-state index contributed by atoms with van der Waals surface area (Å²) < 4.78 is 24.1. The van der Waals surface area contributed by atoms with Crippen LogP contribution in [-0.4, -0.2) is 53.0 Å². The van der Waals surface area contributed by atoms with Crippen molar-refractivity contribution in [3.63, 3.8) is 0 Å². The molecule has 206 valence electrons. The number of ether oxygens (including phenoxy) is 1. The number of benzene rings is 2. The molecule has 1 aromatic heterocycles. The summed E-state index contributed by atoms with van der Waals surface area (Å²) in [5, 5.41) is 23.1. The van der Waals surface area contributed by atoms with Crippen LogP contribution in [0.25, 0.3) is 0 Å². The number of carbonyl (C=O) groups is 2. The number of amides is 2. The van der Waals surface area contributed by atoms with Crippen molar-refractivity contribution in [2.75, 3.05) is 23.0 Å². The number of rotatable bonds is 8. The number of nitrogen functional groups attached to an aromatic ring is 1. The third kappa shape index (κ3) is 4.95. The van der Waals surface area contributed by atoms with Crippen LogP contribution in [-0.2, 0) is 28.1 Å². The van der Waals surface area contributed by atoms with Gasteiger partial charge in [0.1, 0.15) is 0 Å². The molecule has 0 aliphatic carbocycles. The van der Waals surface area contributed by atoms with E-state index in [1.165, 1.54) is 0 Å². The molecule has 3 aromatic rings. The number of halogens is 1. The molecule has 2 aliphatic rings. The molecule has 4 atom stereocenters. The number of aliphatic hydroxyl groups is 1. The first-order chi connectivity index (χ1) is 18.5. The van der Waals surface area contributed by atoms with Crippen LogP contribution < -0.4 is 16.4 Å². The molecule has 5 rings (SSSR count). The molecule has 0 radical (unpaired) electrons. The van der Waals surface area contributed by atoms with Gasteiger partial charge in [-0.25, -0.2) is 0 Å². The molecule has 39 heavy (non-hydrogen) atoms. The smallest absolute Gasteiger partial charge is 0.261 e. The lowest BCUT2D eigenvalue weighted by Crippen LogP contribution is -2.42. The van der Waals surface area contributed by atoms with E-state index in [1.807, 2.05) is 6.92 Å². The molecule has 10 nitrogen and oxygen atoms in total. The van der Waals surface area contributed by atoms with E-state index in [9.17, 15) is 9.59 Å². The van der Waals surface area contributed by atoms with E-state index in [0.29, 0.717) is 53.3 Å². The Hall–Kier alpha value is -3.61. The number of hydrogen-bond donors (Lipinski definition) is 4. The van der Waals surface area contributed by atoms with Crippen molar-refractivity contribution < 1.29 is 23.5 Å². The van der Waals surface area contributed by atoms with Crippen LogP contribution >= 0.6 is 0 Å². The van der Waals surface area contributed by atoms with Crippen LogP contribution in [0.1, 0.15) is 35.0 Å². The zero-order valence-corrected chi connectivity index (χ0v) is 23.1. The highest BCUT2D eigenvalue weighted by atomic mass is 28.4. The van der Waals surface area contributed by atoms with Crippen LogP contribution in [0, 0.1) is 5.92 Å². The van der Waals surface area contributed by atoms with E-state index in [-0.39, 0.29) is 18.4 Å². The van der Waals surface area contributed by atoms with Crippen molar-refractivity contribution in [2.45, 2.75) is 56.7 Å². The Balaban J connectivity index is 1.43. The molecule has 1 saturated heterocycles. The number of nitrogens with one attached hydrogen (secondary N) is 2. The summed E-state index contributed by atoms with van der Waals surface area (Å²) in [4.78, 5) is 26.4. The quantitative estimate of drug-likeness (QED) is 0.190. The first kappa shape index (κ1) is 27.0. The van der Waals surface area contributed by atoms with Gasteiger partial charge in [0.15, 0.2) is 5.60 Å². The van der Waals surface area contributed by atoms with Gasteiger partial charge in [0.25, 0.3) is 11.8 Å². The number of carbonyl (C=O) groups excluding carboxylic acids is 2. The molecule has 5 N–H and O–H groups in total. The van der Waals surface area contributed by atoms with Crippen molar-refractivity contribution in [1.82, 2.24) is 15.0 Å². The number of aryl methyl sites for hydroxylation is 1. The van der Waals surface area contributed by atoms with Gasteiger partial charge in [0.2, 0.25) is 8.41 Å². The zero-order valence-electron chi connectivity index (χ0n) is 22.1. The van der Waals surface area contributed by atoms with Crippen molar-refractivity contribution in [3.8, 4) is 0 Å².